The lowest BCUT2D eigenvalue weighted by Gasteiger charge is -2.32. The van der Waals surface area contributed by atoms with Crippen LogP contribution in [0.15, 0.2) is 49.3 Å². The highest BCUT2D eigenvalue weighted by Crippen LogP contribution is 2.22. The van der Waals surface area contributed by atoms with Crippen molar-refractivity contribution in [2.45, 2.75) is 19.3 Å². The van der Waals surface area contributed by atoms with Crippen LogP contribution in [-0.2, 0) is 6.42 Å². The van der Waals surface area contributed by atoms with Crippen molar-refractivity contribution >= 4 is 17.5 Å². The Hall–Kier alpha value is -3.29. The molecule has 8 heteroatoms. The molecule has 0 saturated carbocycles. The largest absolute Gasteiger partial charge is 0.341 e. The van der Waals surface area contributed by atoms with Gasteiger partial charge in [0.2, 0.25) is 0 Å². The molecule has 1 fully saturated rings. The molecular formula is C19H21N7O. The van der Waals surface area contributed by atoms with E-state index < -0.39 is 0 Å². The number of nitrogens with one attached hydrogen (secondary N) is 2. The number of rotatable bonds is 5. The monoisotopic (exact) mass is 363 g/mol. The van der Waals surface area contributed by atoms with Crippen molar-refractivity contribution in [3.05, 3.63) is 60.7 Å². The lowest BCUT2D eigenvalue weighted by Crippen LogP contribution is -2.40. The van der Waals surface area contributed by atoms with Gasteiger partial charge < -0.3 is 15.2 Å². The van der Waals surface area contributed by atoms with Crippen molar-refractivity contribution in [2.75, 3.05) is 18.4 Å². The Morgan fingerprint density at radius 1 is 1.26 bits per heavy atom. The van der Waals surface area contributed by atoms with Crippen LogP contribution in [0.2, 0.25) is 0 Å². The molecule has 4 heterocycles. The molecule has 0 spiro atoms. The molecule has 1 saturated heterocycles. The summed E-state index contributed by atoms with van der Waals surface area (Å²) in [6, 6.07) is 7.63. The van der Waals surface area contributed by atoms with E-state index in [4.69, 9.17) is 0 Å². The van der Waals surface area contributed by atoms with Crippen LogP contribution < -0.4 is 5.32 Å². The molecule has 1 atom stereocenters. The fraction of sp³-hybridized carbons (Fsp3) is 0.316. The summed E-state index contributed by atoms with van der Waals surface area (Å²) >= 11 is 0. The van der Waals surface area contributed by atoms with Crippen molar-refractivity contribution in [1.82, 2.24) is 29.8 Å². The molecule has 2 N–H and O–H groups in total. The predicted octanol–water partition coefficient (Wildman–Crippen LogP) is 2.43. The molecule has 3 aromatic rings. The summed E-state index contributed by atoms with van der Waals surface area (Å²) in [4.78, 5) is 34.2. The topological polar surface area (TPSA) is 99.7 Å². The number of hydrogen-bond donors (Lipinski definition) is 2. The van der Waals surface area contributed by atoms with Gasteiger partial charge in [-0.1, -0.05) is 6.07 Å². The van der Waals surface area contributed by atoms with E-state index in [-0.39, 0.29) is 5.91 Å². The van der Waals surface area contributed by atoms with Crippen molar-refractivity contribution in [3.63, 3.8) is 0 Å². The zero-order valence-electron chi connectivity index (χ0n) is 14.9. The number of amides is 1. The highest BCUT2D eigenvalue weighted by molar-refractivity contribution is 5.92. The van der Waals surface area contributed by atoms with Gasteiger partial charge in [-0.3, -0.25) is 4.79 Å². The molecule has 1 aliphatic rings. The Morgan fingerprint density at radius 2 is 2.22 bits per heavy atom. The van der Waals surface area contributed by atoms with Gasteiger partial charge in [0.25, 0.3) is 5.91 Å². The molecule has 138 valence electrons. The zero-order valence-corrected chi connectivity index (χ0v) is 14.9. The average molecular weight is 363 g/mol. The van der Waals surface area contributed by atoms with E-state index in [0.29, 0.717) is 11.6 Å². The minimum atomic E-state index is 0.0115. The molecule has 0 aliphatic carbocycles. The van der Waals surface area contributed by atoms with Crippen LogP contribution in [0, 0.1) is 5.92 Å². The molecule has 1 aliphatic heterocycles. The first-order valence-electron chi connectivity index (χ1n) is 9.04. The lowest BCUT2D eigenvalue weighted by atomic mass is 9.93. The SMILES string of the molecule is O=C(c1cnc[nH]1)N1CCCC(Cc2cc(Nc3ccccn3)ncn2)C1. The average Bonchev–Trinajstić information content (AvgIpc) is 3.23. The maximum absolute atomic E-state index is 12.5. The van der Waals surface area contributed by atoms with Gasteiger partial charge >= 0.3 is 0 Å². The van der Waals surface area contributed by atoms with Crippen LogP contribution in [0.25, 0.3) is 0 Å². The standard InChI is InChI=1S/C19H21N7O/c27-19(16-10-20-12-23-16)26-7-3-4-14(11-26)8-15-9-18(24-13-22-15)25-17-5-1-2-6-21-17/h1-2,5-6,9-10,12-14H,3-4,7-8,11H2,(H,20,23)(H,21,22,24,25). The van der Waals surface area contributed by atoms with E-state index in [9.17, 15) is 4.79 Å². The number of hydrogen-bond acceptors (Lipinski definition) is 6. The molecule has 0 aromatic carbocycles. The van der Waals surface area contributed by atoms with E-state index in [2.05, 4.69) is 30.2 Å². The van der Waals surface area contributed by atoms with Crippen molar-refractivity contribution < 1.29 is 4.79 Å². The minimum Gasteiger partial charge on any atom is -0.341 e. The van der Waals surface area contributed by atoms with E-state index >= 15 is 0 Å². The van der Waals surface area contributed by atoms with Crippen molar-refractivity contribution in [3.8, 4) is 0 Å². The van der Waals surface area contributed by atoms with Gasteiger partial charge in [0.05, 0.1) is 12.5 Å². The number of aromatic nitrogens is 5. The van der Waals surface area contributed by atoms with E-state index in [0.717, 1.165) is 49.7 Å². The lowest BCUT2D eigenvalue weighted by molar-refractivity contribution is 0.0667. The van der Waals surface area contributed by atoms with Crippen LogP contribution >= 0.6 is 0 Å². The van der Waals surface area contributed by atoms with Crippen LogP contribution in [0.1, 0.15) is 29.0 Å². The highest BCUT2D eigenvalue weighted by atomic mass is 16.2. The number of likely N-dealkylation sites (tertiary alicyclic amines) is 1. The Balaban J connectivity index is 1.40. The first-order chi connectivity index (χ1) is 13.3. The zero-order chi connectivity index (χ0) is 18.5. The summed E-state index contributed by atoms with van der Waals surface area (Å²) in [5, 5.41) is 3.19. The van der Waals surface area contributed by atoms with Crippen LogP contribution in [0.5, 0.6) is 0 Å². The second kappa shape index (κ2) is 7.94. The van der Waals surface area contributed by atoms with Gasteiger partial charge in [-0.25, -0.2) is 19.9 Å². The van der Waals surface area contributed by atoms with Gasteiger partial charge in [-0.05, 0) is 37.3 Å². The van der Waals surface area contributed by atoms with Gasteiger partial charge in [0, 0.05) is 31.0 Å². The third-order valence-electron chi connectivity index (χ3n) is 4.68. The highest BCUT2D eigenvalue weighted by Gasteiger charge is 2.25. The maximum atomic E-state index is 12.5. The summed E-state index contributed by atoms with van der Waals surface area (Å²) in [6.45, 7) is 1.51. The van der Waals surface area contributed by atoms with Crippen molar-refractivity contribution in [2.24, 2.45) is 5.92 Å². The summed E-state index contributed by atoms with van der Waals surface area (Å²) in [5.41, 5.74) is 1.50. The number of piperidine rings is 1. The Kier molecular flexibility index (Phi) is 5.04. The summed E-state index contributed by atoms with van der Waals surface area (Å²) in [6.07, 6.45) is 9.30. The third-order valence-corrected chi connectivity index (χ3v) is 4.68. The first kappa shape index (κ1) is 17.1. The summed E-state index contributed by atoms with van der Waals surface area (Å²) in [5.74, 6) is 1.86. The third kappa shape index (κ3) is 4.28. The molecule has 3 aromatic heterocycles. The van der Waals surface area contributed by atoms with E-state index in [1.807, 2.05) is 29.2 Å². The number of H-pyrrole nitrogens is 1. The van der Waals surface area contributed by atoms with E-state index in [1.54, 1.807) is 18.7 Å². The van der Waals surface area contributed by atoms with E-state index in [1.165, 1.54) is 6.33 Å². The molecular weight excluding hydrogens is 342 g/mol. The summed E-state index contributed by atoms with van der Waals surface area (Å²) in [7, 11) is 0. The second-order valence-electron chi connectivity index (χ2n) is 6.66. The summed E-state index contributed by atoms with van der Waals surface area (Å²) < 4.78 is 0. The fourth-order valence-electron chi connectivity index (χ4n) is 3.40. The minimum absolute atomic E-state index is 0.0115. The number of anilines is 2. The van der Waals surface area contributed by atoms with Gasteiger partial charge in [-0.15, -0.1) is 0 Å². The number of carbonyl (C=O) groups excluding carboxylic acids is 1. The Labute approximate surface area is 157 Å². The fourth-order valence-corrected chi connectivity index (χ4v) is 3.40. The molecule has 1 amide bonds. The van der Waals surface area contributed by atoms with Gasteiger partial charge in [0.1, 0.15) is 23.7 Å². The van der Waals surface area contributed by atoms with Gasteiger partial charge in [-0.2, -0.15) is 0 Å². The molecule has 1 unspecified atom stereocenters. The Morgan fingerprint density at radius 3 is 3.04 bits per heavy atom. The predicted molar refractivity (Wildman–Crippen MR) is 100 cm³/mol. The van der Waals surface area contributed by atoms with Crippen molar-refractivity contribution in [1.29, 1.82) is 0 Å². The van der Waals surface area contributed by atoms with Crippen LogP contribution in [0.4, 0.5) is 11.6 Å². The number of carbonyl (C=O) groups is 1. The maximum Gasteiger partial charge on any atom is 0.271 e. The normalized spacial score (nSPS) is 16.9. The second-order valence-corrected chi connectivity index (χ2v) is 6.66. The molecule has 8 nitrogen and oxygen atoms in total. The smallest absolute Gasteiger partial charge is 0.271 e. The number of imidazole rings is 1. The number of nitrogens with zero attached hydrogens (tertiary/aromatic N) is 5. The van der Waals surface area contributed by atoms with Crippen LogP contribution in [-0.4, -0.2) is 48.8 Å². The molecule has 4 rings (SSSR count). The van der Waals surface area contributed by atoms with Gasteiger partial charge in [0.15, 0.2) is 0 Å². The first-order valence-corrected chi connectivity index (χ1v) is 9.04. The quantitative estimate of drug-likeness (QED) is 0.722. The number of aromatic amines is 1. The molecule has 0 bridgehead atoms. The molecule has 27 heavy (non-hydrogen) atoms. The number of pyridine rings is 1. The van der Waals surface area contributed by atoms with Crippen LogP contribution in [0.3, 0.4) is 0 Å². The Bertz CT molecular complexity index is 882. The molecule has 0 radical (unpaired) electrons.